The number of nitrogens with one attached hydrogen (secondary N) is 1. The average Bonchev–Trinajstić information content (AvgIpc) is 2.75. The van der Waals surface area contributed by atoms with Gasteiger partial charge < -0.3 is 24.4 Å². The van der Waals surface area contributed by atoms with Gasteiger partial charge in [-0.25, -0.2) is 8.78 Å². The number of hydrogen-bond acceptors (Lipinski definition) is 4. The first-order chi connectivity index (χ1) is 14.2. The van der Waals surface area contributed by atoms with Crippen molar-refractivity contribution >= 4 is 5.96 Å². The number of likely N-dealkylation sites (tertiary alicyclic amines) is 1. The van der Waals surface area contributed by atoms with E-state index in [1.807, 2.05) is 0 Å². The number of rotatable bonds is 7. The van der Waals surface area contributed by atoms with Gasteiger partial charge in [0.05, 0.1) is 25.4 Å². The first kappa shape index (κ1) is 21.8. The van der Waals surface area contributed by atoms with Crippen LogP contribution in [-0.2, 0) is 9.47 Å². The predicted molar refractivity (Wildman–Crippen MR) is 107 cm³/mol. The number of piperidine rings is 1. The van der Waals surface area contributed by atoms with Gasteiger partial charge in [-0.15, -0.1) is 0 Å². The molecule has 0 aromatic heterocycles. The molecule has 1 aromatic carbocycles. The molecule has 2 aliphatic heterocycles. The molecule has 1 N–H and O–H groups in total. The molecule has 0 aliphatic carbocycles. The van der Waals surface area contributed by atoms with Gasteiger partial charge in [-0.2, -0.15) is 0 Å². The molecule has 0 amide bonds. The third-order valence-corrected chi connectivity index (χ3v) is 5.28. The summed E-state index contributed by atoms with van der Waals surface area (Å²) in [6.07, 6.45) is 5.90. The molecule has 29 heavy (non-hydrogen) atoms. The van der Waals surface area contributed by atoms with Crippen molar-refractivity contribution in [1.82, 2.24) is 10.2 Å². The molecule has 1 aromatic rings. The molecule has 3 rings (SSSR count). The highest BCUT2D eigenvalue weighted by Gasteiger charge is 2.23. The highest BCUT2D eigenvalue weighted by molar-refractivity contribution is 5.79. The summed E-state index contributed by atoms with van der Waals surface area (Å²) in [5.74, 6) is -0.479. The van der Waals surface area contributed by atoms with E-state index in [0.29, 0.717) is 13.2 Å². The van der Waals surface area contributed by atoms with E-state index in [-0.39, 0.29) is 24.6 Å². The molecule has 2 heterocycles. The van der Waals surface area contributed by atoms with Crippen molar-refractivity contribution < 1.29 is 23.0 Å². The quantitative estimate of drug-likeness (QED) is 0.425. The van der Waals surface area contributed by atoms with Gasteiger partial charge in [0.2, 0.25) is 0 Å². The first-order valence-electron chi connectivity index (χ1n) is 10.4. The lowest BCUT2D eigenvalue weighted by Gasteiger charge is -2.35. The minimum absolute atomic E-state index is 0.0445. The maximum absolute atomic E-state index is 13.6. The summed E-state index contributed by atoms with van der Waals surface area (Å²) in [4.78, 5) is 6.51. The van der Waals surface area contributed by atoms with E-state index < -0.39 is 11.6 Å². The maximum Gasteiger partial charge on any atom is 0.193 e. The van der Waals surface area contributed by atoms with Crippen LogP contribution in [0.25, 0.3) is 0 Å². The largest absolute Gasteiger partial charge is 0.489 e. The molecule has 2 fully saturated rings. The second-order valence-corrected chi connectivity index (χ2v) is 7.41. The highest BCUT2D eigenvalue weighted by Crippen LogP contribution is 2.19. The molecular formula is C21H31F2N3O3. The zero-order valence-electron chi connectivity index (χ0n) is 17.0. The van der Waals surface area contributed by atoms with Gasteiger partial charge >= 0.3 is 0 Å². The van der Waals surface area contributed by atoms with Crippen LogP contribution < -0.4 is 10.1 Å². The SMILES string of the molecule is CN=C(NCCOc1ccc(F)cc1F)N1CCC(OCC2CCCCO2)CC1. The predicted octanol–water partition coefficient (Wildman–Crippen LogP) is 2.97. The lowest BCUT2D eigenvalue weighted by molar-refractivity contribution is -0.0721. The second-order valence-electron chi connectivity index (χ2n) is 7.41. The molecule has 8 heteroatoms. The van der Waals surface area contributed by atoms with Crippen molar-refractivity contribution in [3.8, 4) is 5.75 Å². The third-order valence-electron chi connectivity index (χ3n) is 5.28. The monoisotopic (exact) mass is 411 g/mol. The van der Waals surface area contributed by atoms with Crippen LogP contribution in [0.1, 0.15) is 32.1 Å². The molecule has 1 atom stereocenters. The van der Waals surface area contributed by atoms with Crippen LogP contribution in [0, 0.1) is 11.6 Å². The van der Waals surface area contributed by atoms with Crippen LogP contribution in [-0.4, -0.2) is 69.6 Å². The van der Waals surface area contributed by atoms with E-state index in [0.717, 1.165) is 57.4 Å². The Kier molecular flexibility index (Phi) is 8.49. The minimum atomic E-state index is -0.699. The highest BCUT2D eigenvalue weighted by atomic mass is 19.1. The standard InChI is InChI=1S/C21H31F2N3O3/c1-24-21(25-9-13-28-20-6-5-16(22)14-19(20)23)26-10-7-17(8-11-26)29-15-18-4-2-3-12-27-18/h5-6,14,17-18H,2-4,7-13,15H2,1H3,(H,24,25). The minimum Gasteiger partial charge on any atom is -0.489 e. The molecule has 0 spiro atoms. The molecule has 162 valence electrons. The fraction of sp³-hybridized carbons (Fsp3) is 0.667. The van der Waals surface area contributed by atoms with Crippen LogP contribution in [0.15, 0.2) is 23.2 Å². The summed E-state index contributed by atoms with van der Waals surface area (Å²) in [7, 11) is 1.74. The average molecular weight is 411 g/mol. The van der Waals surface area contributed by atoms with Crippen molar-refractivity contribution in [1.29, 1.82) is 0 Å². The van der Waals surface area contributed by atoms with Crippen molar-refractivity contribution in [2.45, 2.75) is 44.3 Å². The fourth-order valence-corrected chi connectivity index (χ4v) is 3.66. The smallest absolute Gasteiger partial charge is 0.193 e. The van der Waals surface area contributed by atoms with E-state index in [2.05, 4.69) is 15.2 Å². The van der Waals surface area contributed by atoms with Gasteiger partial charge in [-0.1, -0.05) is 0 Å². The Morgan fingerprint density at radius 2 is 2.07 bits per heavy atom. The van der Waals surface area contributed by atoms with Crippen LogP contribution in [0.3, 0.4) is 0 Å². The van der Waals surface area contributed by atoms with Crippen LogP contribution in [0.5, 0.6) is 5.75 Å². The van der Waals surface area contributed by atoms with Crippen molar-refractivity contribution in [2.75, 3.05) is 46.5 Å². The van der Waals surface area contributed by atoms with Gasteiger partial charge in [-0.3, -0.25) is 4.99 Å². The molecule has 2 saturated heterocycles. The van der Waals surface area contributed by atoms with Gasteiger partial charge in [0.15, 0.2) is 17.5 Å². The van der Waals surface area contributed by atoms with Gasteiger partial charge in [-0.05, 0) is 44.2 Å². The maximum atomic E-state index is 13.6. The normalized spacial score (nSPS) is 21.3. The summed E-state index contributed by atoms with van der Waals surface area (Å²) in [6, 6.07) is 3.29. The van der Waals surface area contributed by atoms with Crippen molar-refractivity contribution in [3.05, 3.63) is 29.8 Å². The molecule has 0 bridgehead atoms. The van der Waals surface area contributed by atoms with Gasteiger partial charge in [0.1, 0.15) is 12.4 Å². The van der Waals surface area contributed by atoms with Crippen molar-refractivity contribution in [2.24, 2.45) is 4.99 Å². The molecule has 0 saturated carbocycles. The van der Waals surface area contributed by atoms with E-state index in [1.54, 1.807) is 7.05 Å². The zero-order valence-corrected chi connectivity index (χ0v) is 17.0. The second kappa shape index (κ2) is 11.3. The lowest BCUT2D eigenvalue weighted by atomic mass is 10.1. The zero-order chi connectivity index (χ0) is 20.5. The first-order valence-corrected chi connectivity index (χ1v) is 10.4. The Labute approximate surface area is 171 Å². The van der Waals surface area contributed by atoms with Gasteiger partial charge in [0.25, 0.3) is 0 Å². The lowest BCUT2D eigenvalue weighted by Crippen LogP contribution is -2.48. The molecule has 0 radical (unpaired) electrons. The molecule has 2 aliphatic rings. The summed E-state index contributed by atoms with van der Waals surface area (Å²) in [6.45, 7) is 4.00. The van der Waals surface area contributed by atoms with E-state index in [4.69, 9.17) is 14.2 Å². The topological polar surface area (TPSA) is 55.3 Å². The summed E-state index contributed by atoms with van der Waals surface area (Å²) < 4.78 is 43.6. The van der Waals surface area contributed by atoms with E-state index in [1.165, 1.54) is 18.6 Å². The Balaban J connectivity index is 1.33. The number of ether oxygens (including phenoxy) is 3. The van der Waals surface area contributed by atoms with E-state index in [9.17, 15) is 8.78 Å². The fourth-order valence-electron chi connectivity index (χ4n) is 3.66. The number of guanidine groups is 1. The summed E-state index contributed by atoms with van der Waals surface area (Å²) in [5.41, 5.74) is 0. The number of halogens is 2. The number of nitrogens with zero attached hydrogens (tertiary/aromatic N) is 2. The van der Waals surface area contributed by atoms with E-state index >= 15 is 0 Å². The summed E-state index contributed by atoms with van der Waals surface area (Å²) >= 11 is 0. The van der Waals surface area contributed by atoms with Crippen LogP contribution in [0.4, 0.5) is 8.78 Å². The Bertz CT molecular complexity index is 661. The molecule has 1 unspecified atom stereocenters. The van der Waals surface area contributed by atoms with Crippen LogP contribution in [0.2, 0.25) is 0 Å². The Morgan fingerprint density at radius 3 is 2.76 bits per heavy atom. The van der Waals surface area contributed by atoms with Crippen LogP contribution >= 0.6 is 0 Å². The summed E-state index contributed by atoms with van der Waals surface area (Å²) in [5, 5.41) is 3.23. The number of aliphatic imine (C=N–C) groups is 1. The Hall–Kier alpha value is -1.93. The Morgan fingerprint density at radius 1 is 1.24 bits per heavy atom. The number of benzene rings is 1. The third kappa shape index (κ3) is 6.82. The van der Waals surface area contributed by atoms with Gasteiger partial charge in [0, 0.05) is 32.8 Å². The molecule has 6 nitrogen and oxygen atoms in total. The molecular weight excluding hydrogens is 380 g/mol. The number of hydrogen-bond donors (Lipinski definition) is 1. The van der Waals surface area contributed by atoms with Crippen molar-refractivity contribution in [3.63, 3.8) is 0 Å².